The maximum atomic E-state index is 13.0. The predicted molar refractivity (Wildman–Crippen MR) is 141 cm³/mol. The third-order valence-electron chi connectivity index (χ3n) is 6.44. The molecule has 3 aromatic carbocycles. The van der Waals surface area contributed by atoms with Crippen LogP contribution in [0.1, 0.15) is 19.8 Å². The van der Waals surface area contributed by atoms with Crippen molar-refractivity contribution in [2.75, 3.05) is 22.7 Å². The van der Waals surface area contributed by atoms with Crippen molar-refractivity contribution >= 4 is 21.5 Å². The average molecular weight is 485 g/mol. The Morgan fingerprint density at radius 3 is 2.14 bits per heavy atom. The van der Waals surface area contributed by atoms with Gasteiger partial charge in [-0.25, -0.2) is 8.42 Å². The molecule has 1 saturated heterocycles. The molecule has 0 atom stereocenters. The Kier molecular flexibility index (Phi) is 6.51. The van der Waals surface area contributed by atoms with E-state index in [-0.39, 0.29) is 4.90 Å². The molecular weight excluding hydrogens is 456 g/mol. The first-order valence-corrected chi connectivity index (χ1v) is 13.3. The maximum Gasteiger partial charge on any atom is 0.261 e. The molecule has 1 aromatic heterocycles. The summed E-state index contributed by atoms with van der Waals surface area (Å²) in [5.74, 6) is 1.64. The molecule has 5 rings (SSSR count). The van der Waals surface area contributed by atoms with Gasteiger partial charge in [-0.2, -0.15) is 0 Å². The Balaban J connectivity index is 1.30. The zero-order valence-electron chi connectivity index (χ0n) is 19.6. The molecule has 1 N–H and O–H groups in total. The first-order chi connectivity index (χ1) is 17.0. The number of nitrogens with zero attached hydrogens (tertiary/aromatic N) is 3. The van der Waals surface area contributed by atoms with Crippen molar-refractivity contribution in [2.24, 2.45) is 5.92 Å². The average Bonchev–Trinajstić information content (AvgIpc) is 2.90. The van der Waals surface area contributed by atoms with Crippen molar-refractivity contribution < 1.29 is 8.42 Å². The summed E-state index contributed by atoms with van der Waals surface area (Å²) in [6.07, 6.45) is 2.33. The van der Waals surface area contributed by atoms with Crippen LogP contribution in [-0.4, -0.2) is 31.7 Å². The molecule has 0 amide bonds. The summed E-state index contributed by atoms with van der Waals surface area (Å²) in [7, 11) is -3.73. The van der Waals surface area contributed by atoms with E-state index < -0.39 is 10.0 Å². The summed E-state index contributed by atoms with van der Waals surface area (Å²) in [6, 6.07) is 27.9. The van der Waals surface area contributed by atoms with Crippen LogP contribution in [0.15, 0.2) is 95.9 Å². The van der Waals surface area contributed by atoms with Crippen molar-refractivity contribution in [1.29, 1.82) is 0 Å². The van der Waals surface area contributed by atoms with Gasteiger partial charge in [0.1, 0.15) is 0 Å². The minimum atomic E-state index is -3.73. The third kappa shape index (κ3) is 5.35. The van der Waals surface area contributed by atoms with Crippen molar-refractivity contribution in [2.45, 2.75) is 24.7 Å². The fourth-order valence-corrected chi connectivity index (χ4v) is 5.35. The molecule has 6 nitrogen and oxygen atoms in total. The van der Waals surface area contributed by atoms with Crippen LogP contribution >= 0.6 is 0 Å². The zero-order chi connectivity index (χ0) is 24.3. The predicted octanol–water partition coefficient (Wildman–Crippen LogP) is 5.85. The van der Waals surface area contributed by atoms with Crippen molar-refractivity contribution in [1.82, 2.24) is 10.2 Å². The van der Waals surface area contributed by atoms with Crippen LogP contribution in [0.5, 0.6) is 0 Å². The minimum Gasteiger partial charge on any atom is -0.355 e. The van der Waals surface area contributed by atoms with Gasteiger partial charge in [-0.3, -0.25) is 4.72 Å². The number of benzene rings is 3. The van der Waals surface area contributed by atoms with Crippen LogP contribution in [0.25, 0.3) is 22.4 Å². The molecular formula is C28H28N4O2S. The van der Waals surface area contributed by atoms with Crippen molar-refractivity contribution in [3.63, 3.8) is 0 Å². The topological polar surface area (TPSA) is 75.2 Å². The van der Waals surface area contributed by atoms with Crippen LogP contribution in [0, 0.1) is 5.92 Å². The number of anilines is 2. The van der Waals surface area contributed by atoms with Crippen LogP contribution < -0.4 is 9.62 Å². The number of hydrogen-bond donors (Lipinski definition) is 1. The molecule has 4 aromatic rings. The van der Waals surface area contributed by atoms with Gasteiger partial charge in [-0.1, -0.05) is 61.5 Å². The molecule has 7 heteroatoms. The van der Waals surface area contributed by atoms with Crippen molar-refractivity contribution in [3.05, 3.63) is 91.0 Å². The third-order valence-corrected chi connectivity index (χ3v) is 7.84. The van der Waals surface area contributed by atoms with Gasteiger partial charge in [0, 0.05) is 24.3 Å². The smallest absolute Gasteiger partial charge is 0.261 e. The number of rotatable bonds is 6. The monoisotopic (exact) mass is 484 g/mol. The second-order valence-corrected chi connectivity index (χ2v) is 10.7. The van der Waals surface area contributed by atoms with Crippen LogP contribution in [0.2, 0.25) is 0 Å². The zero-order valence-corrected chi connectivity index (χ0v) is 20.4. The van der Waals surface area contributed by atoms with E-state index in [1.807, 2.05) is 66.7 Å². The summed E-state index contributed by atoms with van der Waals surface area (Å²) >= 11 is 0. The Labute approximate surface area is 206 Å². The molecule has 1 aliphatic heterocycles. The summed E-state index contributed by atoms with van der Waals surface area (Å²) in [5.41, 5.74) is 3.99. The summed E-state index contributed by atoms with van der Waals surface area (Å²) in [5, 5.41) is 8.83. The number of sulfonamides is 1. The molecule has 0 saturated carbocycles. The van der Waals surface area contributed by atoms with Crippen LogP contribution in [0.4, 0.5) is 11.5 Å². The Morgan fingerprint density at radius 1 is 0.771 bits per heavy atom. The molecule has 2 heterocycles. The van der Waals surface area contributed by atoms with Crippen molar-refractivity contribution in [3.8, 4) is 22.4 Å². The van der Waals surface area contributed by atoms with E-state index in [0.29, 0.717) is 11.4 Å². The van der Waals surface area contributed by atoms with Gasteiger partial charge in [0.2, 0.25) is 0 Å². The molecule has 0 spiro atoms. The molecule has 0 radical (unpaired) electrons. The Hall–Kier alpha value is -3.71. The summed E-state index contributed by atoms with van der Waals surface area (Å²) in [4.78, 5) is 2.48. The van der Waals surface area contributed by atoms with E-state index in [9.17, 15) is 8.42 Å². The van der Waals surface area contributed by atoms with Gasteiger partial charge in [0.15, 0.2) is 5.82 Å². The van der Waals surface area contributed by atoms with E-state index in [0.717, 1.165) is 41.5 Å². The van der Waals surface area contributed by atoms with Gasteiger partial charge in [0.05, 0.1) is 10.6 Å². The van der Waals surface area contributed by atoms with Gasteiger partial charge < -0.3 is 4.90 Å². The highest BCUT2D eigenvalue weighted by molar-refractivity contribution is 7.92. The van der Waals surface area contributed by atoms with E-state index >= 15 is 0 Å². The number of piperidine rings is 1. The largest absolute Gasteiger partial charge is 0.355 e. The standard InChI is InChI=1S/C28H28N4O2S/c1-21-16-18-32(19-17-21)28-15-14-27(29-30-28)24-8-5-9-25(20-24)31-35(33,34)26-12-10-23(11-13-26)22-6-3-2-4-7-22/h2-15,20-21,31H,16-19H2,1H3. The molecule has 1 aliphatic rings. The summed E-state index contributed by atoms with van der Waals surface area (Å²) < 4.78 is 28.7. The van der Waals surface area contributed by atoms with Crippen LogP contribution in [-0.2, 0) is 10.0 Å². The molecule has 0 unspecified atom stereocenters. The van der Waals surface area contributed by atoms with Crippen LogP contribution in [0.3, 0.4) is 0 Å². The maximum absolute atomic E-state index is 13.0. The van der Waals surface area contributed by atoms with E-state index in [1.165, 1.54) is 12.8 Å². The lowest BCUT2D eigenvalue weighted by Gasteiger charge is -2.30. The van der Waals surface area contributed by atoms with Gasteiger partial charge in [-0.15, -0.1) is 10.2 Å². The number of aromatic nitrogens is 2. The van der Waals surface area contributed by atoms with E-state index in [1.54, 1.807) is 24.3 Å². The lowest BCUT2D eigenvalue weighted by molar-refractivity contribution is 0.436. The molecule has 0 bridgehead atoms. The highest BCUT2D eigenvalue weighted by Gasteiger charge is 2.18. The Bertz CT molecular complexity index is 1380. The fraction of sp³-hybridized carbons (Fsp3) is 0.214. The first kappa shape index (κ1) is 23.1. The molecule has 0 aliphatic carbocycles. The van der Waals surface area contributed by atoms with E-state index in [4.69, 9.17) is 0 Å². The molecule has 1 fully saturated rings. The van der Waals surface area contributed by atoms with Gasteiger partial charge in [-0.05, 0) is 66.3 Å². The lowest BCUT2D eigenvalue weighted by Crippen LogP contribution is -2.33. The second kappa shape index (κ2) is 9.88. The normalized spacial score (nSPS) is 14.6. The van der Waals surface area contributed by atoms with E-state index in [2.05, 4.69) is 26.7 Å². The highest BCUT2D eigenvalue weighted by Crippen LogP contribution is 2.26. The summed E-state index contributed by atoms with van der Waals surface area (Å²) in [6.45, 7) is 4.28. The molecule has 35 heavy (non-hydrogen) atoms. The van der Waals surface area contributed by atoms with Gasteiger partial charge >= 0.3 is 0 Å². The SMILES string of the molecule is CC1CCN(c2ccc(-c3cccc(NS(=O)(=O)c4ccc(-c5ccccc5)cc4)c3)nn2)CC1. The number of hydrogen-bond acceptors (Lipinski definition) is 5. The lowest BCUT2D eigenvalue weighted by atomic mass is 9.99. The first-order valence-electron chi connectivity index (χ1n) is 11.9. The van der Waals surface area contributed by atoms with Gasteiger partial charge in [0.25, 0.3) is 10.0 Å². The second-order valence-electron chi connectivity index (χ2n) is 9.02. The fourth-order valence-electron chi connectivity index (χ4n) is 4.30. The Morgan fingerprint density at radius 2 is 1.46 bits per heavy atom. The number of nitrogens with one attached hydrogen (secondary N) is 1. The highest BCUT2D eigenvalue weighted by atomic mass is 32.2. The molecule has 178 valence electrons. The minimum absolute atomic E-state index is 0.211. The quantitative estimate of drug-likeness (QED) is 0.372.